The Kier molecular flexibility index (Phi) is 4.83. The number of rotatable bonds is 2. The van der Waals surface area contributed by atoms with Gasteiger partial charge in [0.2, 0.25) is 0 Å². The molecular formula is C11H17ClN2O2. The number of hydrogen-bond donors (Lipinski definition) is 2. The van der Waals surface area contributed by atoms with E-state index in [1.54, 1.807) is 6.07 Å². The second-order valence-corrected chi connectivity index (χ2v) is 3.98. The number of furan rings is 1. The monoisotopic (exact) mass is 244 g/mol. The Morgan fingerprint density at radius 2 is 2.44 bits per heavy atom. The Labute approximate surface area is 101 Å². The first-order valence-corrected chi connectivity index (χ1v) is 5.34. The molecule has 1 amide bonds. The van der Waals surface area contributed by atoms with Gasteiger partial charge < -0.3 is 15.1 Å². The zero-order valence-corrected chi connectivity index (χ0v) is 10.0. The molecule has 1 aliphatic rings. The van der Waals surface area contributed by atoms with Gasteiger partial charge in [-0.1, -0.05) is 0 Å². The number of piperidine rings is 1. The molecule has 1 fully saturated rings. The van der Waals surface area contributed by atoms with Crippen molar-refractivity contribution < 1.29 is 9.21 Å². The molecule has 90 valence electrons. The van der Waals surface area contributed by atoms with E-state index in [1.807, 2.05) is 0 Å². The third kappa shape index (κ3) is 3.00. The van der Waals surface area contributed by atoms with Crippen molar-refractivity contribution in [1.29, 1.82) is 0 Å². The second-order valence-electron chi connectivity index (χ2n) is 3.98. The Bertz CT molecular complexity index is 327. The Morgan fingerprint density at radius 3 is 3.06 bits per heavy atom. The smallest absolute Gasteiger partial charge is 0.254 e. The van der Waals surface area contributed by atoms with E-state index in [4.69, 9.17) is 4.42 Å². The van der Waals surface area contributed by atoms with E-state index in [0.29, 0.717) is 11.6 Å². The van der Waals surface area contributed by atoms with Crippen LogP contribution >= 0.6 is 12.4 Å². The highest BCUT2D eigenvalue weighted by molar-refractivity contribution is 5.94. The molecule has 1 aromatic heterocycles. The van der Waals surface area contributed by atoms with Crippen molar-refractivity contribution in [3.63, 3.8) is 0 Å². The molecule has 1 saturated heterocycles. The maximum absolute atomic E-state index is 11.7. The van der Waals surface area contributed by atoms with Gasteiger partial charge in [0, 0.05) is 12.1 Å². The van der Waals surface area contributed by atoms with Gasteiger partial charge in [-0.25, -0.2) is 0 Å². The van der Waals surface area contributed by atoms with Crippen LogP contribution in [0, 0.1) is 0 Å². The van der Waals surface area contributed by atoms with Crippen molar-refractivity contribution in [2.45, 2.75) is 31.8 Å². The summed E-state index contributed by atoms with van der Waals surface area (Å²) in [4.78, 5) is 11.7. The summed E-state index contributed by atoms with van der Waals surface area (Å²) in [5.41, 5.74) is 0.591. The SMILES string of the molecule is CC1NCCCC1NC(=O)c1ccoc1.Cl. The van der Waals surface area contributed by atoms with Crippen molar-refractivity contribution in [3.05, 3.63) is 24.2 Å². The number of amides is 1. The van der Waals surface area contributed by atoms with Gasteiger partial charge in [-0.05, 0) is 32.4 Å². The summed E-state index contributed by atoms with van der Waals surface area (Å²) in [6.07, 6.45) is 5.13. The number of carbonyl (C=O) groups is 1. The lowest BCUT2D eigenvalue weighted by molar-refractivity contribution is 0.0919. The summed E-state index contributed by atoms with van der Waals surface area (Å²) in [5.74, 6) is -0.0516. The van der Waals surface area contributed by atoms with E-state index in [9.17, 15) is 4.79 Å². The summed E-state index contributed by atoms with van der Waals surface area (Å²) < 4.78 is 4.88. The van der Waals surface area contributed by atoms with Gasteiger partial charge in [0.1, 0.15) is 6.26 Å². The van der Waals surface area contributed by atoms with Gasteiger partial charge in [0.25, 0.3) is 5.91 Å². The molecule has 16 heavy (non-hydrogen) atoms. The Hall–Kier alpha value is -1.00. The second kappa shape index (κ2) is 5.92. The molecule has 0 bridgehead atoms. The van der Waals surface area contributed by atoms with Crippen molar-refractivity contribution >= 4 is 18.3 Å². The lowest BCUT2D eigenvalue weighted by Gasteiger charge is -2.30. The molecule has 2 unspecified atom stereocenters. The van der Waals surface area contributed by atoms with E-state index < -0.39 is 0 Å². The molecule has 0 aliphatic carbocycles. The van der Waals surface area contributed by atoms with Crippen LogP contribution < -0.4 is 10.6 Å². The van der Waals surface area contributed by atoms with Crippen LogP contribution in [0.4, 0.5) is 0 Å². The molecule has 0 spiro atoms. The van der Waals surface area contributed by atoms with Crippen molar-refractivity contribution in [3.8, 4) is 0 Å². The number of carbonyl (C=O) groups excluding carboxylic acids is 1. The van der Waals surface area contributed by atoms with Gasteiger partial charge in [0.05, 0.1) is 11.8 Å². The topological polar surface area (TPSA) is 54.3 Å². The summed E-state index contributed by atoms with van der Waals surface area (Å²) in [5, 5.41) is 6.35. The molecule has 2 atom stereocenters. The molecule has 2 N–H and O–H groups in total. The molecule has 2 heterocycles. The van der Waals surface area contributed by atoms with Crippen LogP contribution in [0.5, 0.6) is 0 Å². The summed E-state index contributed by atoms with van der Waals surface area (Å²) in [6.45, 7) is 3.14. The number of halogens is 1. The zero-order valence-electron chi connectivity index (χ0n) is 9.23. The van der Waals surface area contributed by atoms with Gasteiger partial charge in [0.15, 0.2) is 0 Å². The quantitative estimate of drug-likeness (QED) is 0.831. The third-order valence-electron chi connectivity index (χ3n) is 2.86. The predicted octanol–water partition coefficient (Wildman–Crippen LogP) is 1.57. The van der Waals surface area contributed by atoms with Gasteiger partial charge >= 0.3 is 0 Å². The summed E-state index contributed by atoms with van der Waals surface area (Å²) >= 11 is 0. The third-order valence-corrected chi connectivity index (χ3v) is 2.86. The molecule has 1 aliphatic heterocycles. The van der Waals surface area contributed by atoms with Gasteiger partial charge in [-0.2, -0.15) is 0 Å². The Balaban J connectivity index is 0.00000128. The predicted molar refractivity (Wildman–Crippen MR) is 63.9 cm³/mol. The largest absolute Gasteiger partial charge is 0.472 e. The average Bonchev–Trinajstić information content (AvgIpc) is 2.74. The number of nitrogens with one attached hydrogen (secondary N) is 2. The lowest BCUT2D eigenvalue weighted by atomic mass is 9.99. The van der Waals surface area contributed by atoms with E-state index in [0.717, 1.165) is 19.4 Å². The minimum atomic E-state index is -0.0516. The molecule has 0 saturated carbocycles. The molecule has 0 radical (unpaired) electrons. The minimum absolute atomic E-state index is 0. The van der Waals surface area contributed by atoms with E-state index in [1.165, 1.54) is 12.5 Å². The molecule has 0 aromatic carbocycles. The van der Waals surface area contributed by atoms with Crippen LogP contribution in [0.25, 0.3) is 0 Å². The Morgan fingerprint density at radius 1 is 1.62 bits per heavy atom. The van der Waals surface area contributed by atoms with Crippen LogP contribution in [0.3, 0.4) is 0 Å². The van der Waals surface area contributed by atoms with E-state index in [2.05, 4.69) is 17.6 Å². The fraction of sp³-hybridized carbons (Fsp3) is 0.545. The number of hydrogen-bond acceptors (Lipinski definition) is 3. The molecule has 5 heteroatoms. The first kappa shape index (κ1) is 13.1. The fourth-order valence-electron chi connectivity index (χ4n) is 1.89. The summed E-state index contributed by atoms with van der Waals surface area (Å²) in [6, 6.07) is 2.24. The maximum Gasteiger partial charge on any atom is 0.254 e. The lowest BCUT2D eigenvalue weighted by Crippen LogP contribution is -2.51. The first-order valence-electron chi connectivity index (χ1n) is 5.34. The van der Waals surface area contributed by atoms with Crippen LogP contribution in [0.2, 0.25) is 0 Å². The van der Waals surface area contributed by atoms with Crippen LogP contribution in [0.1, 0.15) is 30.1 Å². The maximum atomic E-state index is 11.7. The normalized spacial score (nSPS) is 24.6. The van der Waals surface area contributed by atoms with Gasteiger partial charge in [-0.15, -0.1) is 12.4 Å². The van der Waals surface area contributed by atoms with Crippen LogP contribution in [0.15, 0.2) is 23.0 Å². The molecule has 4 nitrogen and oxygen atoms in total. The van der Waals surface area contributed by atoms with E-state index >= 15 is 0 Å². The minimum Gasteiger partial charge on any atom is -0.472 e. The highest BCUT2D eigenvalue weighted by Gasteiger charge is 2.22. The zero-order chi connectivity index (χ0) is 10.7. The average molecular weight is 245 g/mol. The molecular weight excluding hydrogens is 228 g/mol. The highest BCUT2D eigenvalue weighted by Crippen LogP contribution is 2.09. The van der Waals surface area contributed by atoms with Crippen LogP contribution in [-0.2, 0) is 0 Å². The summed E-state index contributed by atoms with van der Waals surface area (Å²) in [7, 11) is 0. The van der Waals surface area contributed by atoms with Crippen molar-refractivity contribution in [2.75, 3.05) is 6.54 Å². The van der Waals surface area contributed by atoms with Gasteiger partial charge in [-0.3, -0.25) is 4.79 Å². The van der Waals surface area contributed by atoms with Crippen molar-refractivity contribution in [1.82, 2.24) is 10.6 Å². The van der Waals surface area contributed by atoms with Crippen LogP contribution in [-0.4, -0.2) is 24.5 Å². The van der Waals surface area contributed by atoms with Crippen molar-refractivity contribution in [2.24, 2.45) is 0 Å². The highest BCUT2D eigenvalue weighted by atomic mass is 35.5. The first-order chi connectivity index (χ1) is 7.27. The fourth-order valence-corrected chi connectivity index (χ4v) is 1.89. The molecule has 1 aromatic rings. The molecule has 2 rings (SSSR count). The van der Waals surface area contributed by atoms with E-state index in [-0.39, 0.29) is 24.4 Å². The standard InChI is InChI=1S/C11H16N2O2.ClH/c1-8-10(3-2-5-12-8)13-11(14)9-4-6-15-7-9;/h4,6-8,10,12H,2-3,5H2,1H3,(H,13,14);1H.